The maximum absolute atomic E-state index is 4.89. The highest BCUT2D eigenvalue weighted by Gasteiger charge is 2.28. The summed E-state index contributed by atoms with van der Waals surface area (Å²) in [4.78, 5) is 12.1. The van der Waals surface area contributed by atoms with E-state index in [9.17, 15) is 0 Å². The molecule has 1 fully saturated rings. The highest BCUT2D eigenvalue weighted by Crippen LogP contribution is 2.30. The van der Waals surface area contributed by atoms with Gasteiger partial charge in [-0.25, -0.2) is 4.99 Å². The lowest BCUT2D eigenvalue weighted by molar-refractivity contribution is 0.500. The molecular formula is C23H26N4. The molecule has 0 amide bonds. The van der Waals surface area contributed by atoms with Crippen LogP contribution in [0.2, 0.25) is 0 Å². The molecule has 4 heteroatoms. The van der Waals surface area contributed by atoms with E-state index >= 15 is 0 Å². The third kappa shape index (κ3) is 2.85. The number of aromatic nitrogens is 2. The van der Waals surface area contributed by atoms with Crippen molar-refractivity contribution in [2.75, 3.05) is 0 Å². The summed E-state index contributed by atoms with van der Waals surface area (Å²) in [5.41, 5.74) is 6.90. The van der Waals surface area contributed by atoms with Gasteiger partial charge in [0.2, 0.25) is 0 Å². The smallest absolute Gasteiger partial charge is 0.0687 e. The van der Waals surface area contributed by atoms with Crippen LogP contribution >= 0.6 is 0 Å². The normalized spacial score (nSPS) is 27.1. The Kier molecular flexibility index (Phi) is 3.83. The molecule has 3 unspecified atom stereocenters. The Morgan fingerprint density at radius 1 is 0.963 bits per heavy atom. The van der Waals surface area contributed by atoms with Crippen LogP contribution < -0.4 is 16.0 Å². The van der Waals surface area contributed by atoms with E-state index in [1.807, 2.05) is 0 Å². The van der Waals surface area contributed by atoms with Crippen LogP contribution in [-0.2, 0) is 0 Å². The number of hydrogen-bond acceptors (Lipinski definition) is 2. The van der Waals surface area contributed by atoms with Gasteiger partial charge < -0.3 is 15.3 Å². The Morgan fingerprint density at radius 2 is 1.85 bits per heavy atom. The highest BCUT2D eigenvalue weighted by molar-refractivity contribution is 6.25. The zero-order valence-electron chi connectivity index (χ0n) is 16.1. The molecule has 2 aromatic rings. The van der Waals surface area contributed by atoms with Gasteiger partial charge in [-0.05, 0) is 80.3 Å². The molecule has 0 aliphatic carbocycles. The molecule has 5 rings (SSSR count). The molecule has 8 bridgehead atoms. The molecule has 27 heavy (non-hydrogen) atoms. The number of nitrogens with zero attached hydrogens (tertiary/aromatic N) is 1. The van der Waals surface area contributed by atoms with E-state index in [1.165, 1.54) is 35.0 Å². The lowest BCUT2D eigenvalue weighted by Gasteiger charge is -2.19. The average molecular weight is 358 g/mol. The quantitative estimate of drug-likeness (QED) is 0.666. The topological polar surface area (TPSA) is 56.0 Å². The van der Waals surface area contributed by atoms with E-state index in [2.05, 4.69) is 78.5 Å². The van der Waals surface area contributed by atoms with Crippen molar-refractivity contribution in [3.63, 3.8) is 0 Å². The molecule has 3 aliphatic heterocycles. The lowest BCUT2D eigenvalue weighted by atomic mass is 9.97. The Bertz CT molecular complexity index is 1110. The summed E-state index contributed by atoms with van der Waals surface area (Å²) in [5, 5.41) is 6.14. The van der Waals surface area contributed by atoms with Crippen molar-refractivity contribution in [2.45, 2.75) is 51.6 Å². The molecule has 0 aromatic carbocycles. The van der Waals surface area contributed by atoms with Crippen molar-refractivity contribution in [1.82, 2.24) is 15.3 Å². The maximum atomic E-state index is 4.89. The molecule has 3 aliphatic rings. The predicted molar refractivity (Wildman–Crippen MR) is 112 cm³/mol. The van der Waals surface area contributed by atoms with Gasteiger partial charge in [-0.1, -0.05) is 6.92 Å². The standard InChI is InChI=1S/C23H26N4/c1-13-18-6-4-16(24-18)12-17-5-7-19(25-17)14(2)21-9-11-23(27-21)15(3)22-10-8-20(13)26-22/h4,6,8-12,14,17,19,24-25,27H,5,7H2,1-3H3. The van der Waals surface area contributed by atoms with Gasteiger partial charge in [-0.15, -0.1) is 0 Å². The predicted octanol–water partition coefficient (Wildman–Crippen LogP) is 2.97. The van der Waals surface area contributed by atoms with E-state index in [4.69, 9.17) is 4.99 Å². The summed E-state index contributed by atoms with van der Waals surface area (Å²) in [7, 11) is 0. The minimum absolute atomic E-state index is 0.420. The molecule has 3 N–H and O–H groups in total. The molecule has 2 aromatic heterocycles. The van der Waals surface area contributed by atoms with Crippen LogP contribution in [0.5, 0.6) is 0 Å². The van der Waals surface area contributed by atoms with Gasteiger partial charge in [0, 0.05) is 40.1 Å². The monoisotopic (exact) mass is 358 g/mol. The van der Waals surface area contributed by atoms with Gasteiger partial charge in [-0.2, -0.15) is 0 Å². The van der Waals surface area contributed by atoms with Crippen LogP contribution in [0.4, 0.5) is 0 Å². The number of aromatic amines is 2. The first-order valence-corrected chi connectivity index (χ1v) is 9.89. The number of nitrogens with one attached hydrogen (secondary N) is 3. The molecule has 3 atom stereocenters. The SMILES string of the molecule is CC1=C2C=CC(=N2)C(C)=c2ccc([nH]2)=CC2CCC(N2)C(C)c2ccc1[nH]2. The molecule has 5 heterocycles. The third-order valence-corrected chi connectivity index (χ3v) is 6.33. The van der Waals surface area contributed by atoms with Crippen LogP contribution in [0.3, 0.4) is 0 Å². The van der Waals surface area contributed by atoms with Crippen molar-refractivity contribution in [3.05, 3.63) is 64.2 Å². The average Bonchev–Trinajstić information content (AvgIpc) is 3.46. The second-order valence-corrected chi connectivity index (χ2v) is 8.03. The Balaban J connectivity index is 1.69. The van der Waals surface area contributed by atoms with Crippen LogP contribution in [0.15, 0.2) is 47.1 Å². The highest BCUT2D eigenvalue weighted by atomic mass is 15.0. The van der Waals surface area contributed by atoms with Gasteiger partial charge in [0.1, 0.15) is 0 Å². The Labute approximate surface area is 159 Å². The molecule has 138 valence electrons. The van der Waals surface area contributed by atoms with Crippen LogP contribution in [-0.4, -0.2) is 27.8 Å². The van der Waals surface area contributed by atoms with Crippen LogP contribution in [0.25, 0.3) is 17.2 Å². The third-order valence-electron chi connectivity index (χ3n) is 6.33. The minimum Gasteiger partial charge on any atom is -0.358 e. The van der Waals surface area contributed by atoms with Crippen molar-refractivity contribution < 1.29 is 0 Å². The summed E-state index contributed by atoms with van der Waals surface area (Å²) in [6.07, 6.45) is 8.95. The van der Waals surface area contributed by atoms with Crippen LogP contribution in [0.1, 0.15) is 50.9 Å². The van der Waals surface area contributed by atoms with E-state index in [1.54, 1.807) is 0 Å². The number of rotatable bonds is 0. The molecular weight excluding hydrogens is 332 g/mol. The van der Waals surface area contributed by atoms with Crippen molar-refractivity contribution in [3.8, 4) is 0 Å². The largest absolute Gasteiger partial charge is 0.358 e. The van der Waals surface area contributed by atoms with Crippen LogP contribution in [0, 0.1) is 0 Å². The van der Waals surface area contributed by atoms with Gasteiger partial charge in [0.15, 0.2) is 0 Å². The van der Waals surface area contributed by atoms with Crippen molar-refractivity contribution in [1.29, 1.82) is 0 Å². The van der Waals surface area contributed by atoms with E-state index in [-0.39, 0.29) is 0 Å². The summed E-state index contributed by atoms with van der Waals surface area (Å²) < 4.78 is 0. The summed E-state index contributed by atoms with van der Waals surface area (Å²) >= 11 is 0. The first-order valence-electron chi connectivity index (χ1n) is 9.89. The number of allylic oxidation sites excluding steroid dienone is 3. The fourth-order valence-corrected chi connectivity index (χ4v) is 4.44. The molecule has 1 saturated heterocycles. The molecule has 4 nitrogen and oxygen atoms in total. The van der Waals surface area contributed by atoms with E-state index in [0.717, 1.165) is 22.5 Å². The minimum atomic E-state index is 0.420. The van der Waals surface area contributed by atoms with Gasteiger partial charge in [-0.3, -0.25) is 0 Å². The number of hydrogen-bond donors (Lipinski definition) is 3. The Hall–Kier alpha value is -2.59. The molecule has 0 saturated carbocycles. The van der Waals surface area contributed by atoms with Crippen molar-refractivity contribution >= 4 is 22.9 Å². The summed E-state index contributed by atoms with van der Waals surface area (Å²) in [6, 6.07) is 9.68. The van der Waals surface area contributed by atoms with E-state index in [0.29, 0.717) is 18.0 Å². The fourth-order valence-electron chi connectivity index (χ4n) is 4.44. The number of aliphatic imine (C=N–C) groups is 1. The van der Waals surface area contributed by atoms with Gasteiger partial charge in [0.25, 0.3) is 0 Å². The zero-order valence-corrected chi connectivity index (χ0v) is 16.1. The molecule has 0 spiro atoms. The van der Waals surface area contributed by atoms with Crippen molar-refractivity contribution in [2.24, 2.45) is 4.99 Å². The Morgan fingerprint density at radius 3 is 2.74 bits per heavy atom. The van der Waals surface area contributed by atoms with E-state index < -0.39 is 0 Å². The fraction of sp³-hybridized carbons (Fsp3) is 0.348. The second-order valence-electron chi connectivity index (χ2n) is 8.03. The first-order chi connectivity index (χ1) is 13.1. The zero-order chi connectivity index (χ0) is 18.5. The molecule has 0 radical (unpaired) electrons. The first kappa shape index (κ1) is 16.6. The van der Waals surface area contributed by atoms with Gasteiger partial charge in [0.05, 0.1) is 11.4 Å². The number of H-pyrrole nitrogens is 2. The summed E-state index contributed by atoms with van der Waals surface area (Å²) in [6.45, 7) is 6.60. The maximum Gasteiger partial charge on any atom is 0.0687 e. The number of fused-ring (bicyclic) bond motifs is 7. The second kappa shape index (κ2) is 6.24. The lowest BCUT2D eigenvalue weighted by Crippen LogP contribution is -2.33. The summed E-state index contributed by atoms with van der Waals surface area (Å²) in [5.74, 6) is 0.454. The van der Waals surface area contributed by atoms with Gasteiger partial charge >= 0.3 is 0 Å².